The minimum absolute atomic E-state index is 0.0628. The summed E-state index contributed by atoms with van der Waals surface area (Å²) in [5.74, 6) is -0.788. The number of esters is 1. The van der Waals surface area contributed by atoms with E-state index in [4.69, 9.17) is 14.2 Å². The van der Waals surface area contributed by atoms with Gasteiger partial charge in [-0.3, -0.25) is 4.79 Å². The summed E-state index contributed by atoms with van der Waals surface area (Å²) in [6.45, 7) is 9.31. The normalized spacial score (nSPS) is 33.2. The molecular formula is C17H26O5. The molecule has 1 heterocycles. The monoisotopic (exact) mass is 310 g/mol. The van der Waals surface area contributed by atoms with Crippen molar-refractivity contribution in [2.75, 3.05) is 0 Å². The third kappa shape index (κ3) is 3.05. The predicted octanol–water partition coefficient (Wildman–Crippen LogP) is 3.12. The van der Waals surface area contributed by atoms with Gasteiger partial charge in [0.2, 0.25) is 5.79 Å². The summed E-state index contributed by atoms with van der Waals surface area (Å²) in [7, 11) is 0. The summed E-state index contributed by atoms with van der Waals surface area (Å²) in [4.78, 5) is 24.3. The number of carbonyl (C=O) groups excluding carboxylic acids is 2. The number of rotatable bonds is 4. The van der Waals surface area contributed by atoms with E-state index in [-0.39, 0.29) is 18.0 Å². The van der Waals surface area contributed by atoms with Gasteiger partial charge in [-0.25, -0.2) is 4.79 Å². The number of hydrogen-bond acceptors (Lipinski definition) is 5. The Bertz CT molecular complexity index is 493. The zero-order valence-corrected chi connectivity index (χ0v) is 14.1. The molecule has 1 aliphatic carbocycles. The highest BCUT2D eigenvalue weighted by Crippen LogP contribution is 2.55. The van der Waals surface area contributed by atoms with Gasteiger partial charge in [-0.2, -0.15) is 0 Å². The second-order valence-corrected chi connectivity index (χ2v) is 6.90. The molecule has 0 N–H and O–H groups in total. The smallest absolute Gasteiger partial charge is 0.334 e. The fourth-order valence-corrected chi connectivity index (χ4v) is 3.31. The van der Waals surface area contributed by atoms with E-state index in [0.717, 1.165) is 6.42 Å². The van der Waals surface area contributed by atoms with Crippen LogP contribution in [0.1, 0.15) is 60.3 Å². The third-order valence-electron chi connectivity index (χ3n) is 4.25. The molecule has 0 amide bonds. The Morgan fingerprint density at radius 1 is 1.27 bits per heavy atom. The first kappa shape index (κ1) is 17.0. The number of allylic oxidation sites excluding steroid dienone is 1. The summed E-state index contributed by atoms with van der Waals surface area (Å²) in [6.07, 6.45) is 3.41. The zero-order valence-electron chi connectivity index (χ0n) is 14.1. The first-order valence-corrected chi connectivity index (χ1v) is 8.00. The second kappa shape index (κ2) is 6.03. The van der Waals surface area contributed by atoms with Crippen molar-refractivity contribution in [3.63, 3.8) is 0 Å². The average molecular weight is 310 g/mol. The molecule has 2 aliphatic rings. The highest BCUT2D eigenvalue weighted by molar-refractivity contribution is 5.88. The molecule has 2 fully saturated rings. The quantitative estimate of drug-likeness (QED) is 0.590. The third-order valence-corrected chi connectivity index (χ3v) is 4.25. The lowest BCUT2D eigenvalue weighted by molar-refractivity contribution is -0.267. The number of fused-ring (bicyclic) bond motifs is 1. The topological polar surface area (TPSA) is 61.8 Å². The first-order valence-electron chi connectivity index (χ1n) is 8.00. The molecule has 5 heteroatoms. The van der Waals surface area contributed by atoms with Crippen LogP contribution in [-0.2, 0) is 23.8 Å². The van der Waals surface area contributed by atoms with Gasteiger partial charge in [-0.05, 0) is 41.0 Å². The fourth-order valence-electron chi connectivity index (χ4n) is 3.31. The van der Waals surface area contributed by atoms with Gasteiger partial charge in [0.25, 0.3) is 0 Å². The standard InChI is InChI=1S/C17H26O5/c1-11(2)20-15(19)9-13-10-16(5)14(18)7-6-8-17(16,22-13)21-12(3)4/h9,11-12H,6-8,10H2,1-5H3/b13-9-/t16-,17+/m1/s1. The molecule has 2 atom stereocenters. The van der Waals surface area contributed by atoms with Crippen molar-refractivity contribution in [3.8, 4) is 0 Å². The molecule has 0 aromatic rings. The zero-order chi connectivity index (χ0) is 16.5. The van der Waals surface area contributed by atoms with Crippen molar-refractivity contribution in [1.82, 2.24) is 0 Å². The van der Waals surface area contributed by atoms with Crippen LogP contribution in [0.3, 0.4) is 0 Å². The van der Waals surface area contributed by atoms with E-state index in [1.54, 1.807) is 13.8 Å². The fraction of sp³-hybridized carbons (Fsp3) is 0.765. The van der Waals surface area contributed by atoms with Gasteiger partial charge >= 0.3 is 5.97 Å². The van der Waals surface area contributed by atoms with Gasteiger partial charge in [-0.15, -0.1) is 0 Å². The predicted molar refractivity (Wildman–Crippen MR) is 80.9 cm³/mol. The Balaban J connectivity index is 2.29. The lowest BCUT2D eigenvalue weighted by Crippen LogP contribution is -2.54. The van der Waals surface area contributed by atoms with Crippen LogP contribution in [0, 0.1) is 5.41 Å². The average Bonchev–Trinajstić information content (AvgIpc) is 2.61. The molecule has 22 heavy (non-hydrogen) atoms. The highest BCUT2D eigenvalue weighted by atomic mass is 16.7. The van der Waals surface area contributed by atoms with Crippen molar-refractivity contribution in [1.29, 1.82) is 0 Å². The Kier molecular flexibility index (Phi) is 4.66. The molecule has 1 saturated carbocycles. The van der Waals surface area contributed by atoms with Gasteiger partial charge in [0, 0.05) is 19.3 Å². The maximum Gasteiger partial charge on any atom is 0.334 e. The highest BCUT2D eigenvalue weighted by Gasteiger charge is 2.63. The van der Waals surface area contributed by atoms with Crippen LogP contribution in [-0.4, -0.2) is 29.7 Å². The van der Waals surface area contributed by atoms with Gasteiger partial charge < -0.3 is 14.2 Å². The second-order valence-electron chi connectivity index (χ2n) is 6.90. The summed E-state index contributed by atoms with van der Waals surface area (Å²) >= 11 is 0. The molecule has 5 nitrogen and oxygen atoms in total. The van der Waals surface area contributed by atoms with Crippen LogP contribution < -0.4 is 0 Å². The Morgan fingerprint density at radius 2 is 1.95 bits per heavy atom. The van der Waals surface area contributed by atoms with Crippen LogP contribution in [0.2, 0.25) is 0 Å². The maximum absolute atomic E-state index is 12.5. The molecule has 0 radical (unpaired) electrons. The molecule has 0 bridgehead atoms. The van der Waals surface area contributed by atoms with E-state index in [1.165, 1.54) is 6.08 Å². The maximum atomic E-state index is 12.5. The number of ether oxygens (including phenoxy) is 3. The number of Topliss-reactive ketones (excluding diaryl/α,β-unsaturated/α-hetero) is 1. The molecule has 1 saturated heterocycles. The van der Waals surface area contributed by atoms with Gasteiger partial charge in [0.15, 0.2) is 0 Å². The van der Waals surface area contributed by atoms with E-state index in [1.807, 2.05) is 20.8 Å². The number of carbonyl (C=O) groups is 2. The van der Waals surface area contributed by atoms with Crippen molar-refractivity contribution in [2.45, 2.75) is 78.3 Å². The summed E-state index contributed by atoms with van der Waals surface area (Å²) < 4.78 is 17.2. The van der Waals surface area contributed by atoms with E-state index in [9.17, 15) is 9.59 Å². The van der Waals surface area contributed by atoms with Crippen molar-refractivity contribution in [2.24, 2.45) is 5.41 Å². The summed E-state index contributed by atoms with van der Waals surface area (Å²) in [5.41, 5.74) is -0.737. The number of hydrogen-bond donors (Lipinski definition) is 0. The Hall–Kier alpha value is -1.36. The first-order chi connectivity index (χ1) is 10.2. The van der Waals surface area contributed by atoms with Crippen LogP contribution in [0.4, 0.5) is 0 Å². The van der Waals surface area contributed by atoms with Crippen LogP contribution >= 0.6 is 0 Å². The van der Waals surface area contributed by atoms with Crippen LogP contribution in [0.15, 0.2) is 11.8 Å². The molecular weight excluding hydrogens is 284 g/mol. The van der Waals surface area contributed by atoms with E-state index in [0.29, 0.717) is 25.0 Å². The largest absolute Gasteiger partial charge is 0.465 e. The van der Waals surface area contributed by atoms with E-state index < -0.39 is 17.2 Å². The van der Waals surface area contributed by atoms with Gasteiger partial charge in [0.05, 0.1) is 23.7 Å². The molecule has 124 valence electrons. The Labute approximate surface area is 132 Å². The summed E-state index contributed by atoms with van der Waals surface area (Å²) in [5, 5.41) is 0. The van der Waals surface area contributed by atoms with Crippen LogP contribution in [0.25, 0.3) is 0 Å². The SMILES string of the molecule is CC(C)OC(=O)/C=C1/C[C@]2(C)C(=O)CCC[C@]2(OC(C)C)O1. The van der Waals surface area contributed by atoms with E-state index >= 15 is 0 Å². The van der Waals surface area contributed by atoms with Crippen molar-refractivity contribution < 1.29 is 23.8 Å². The number of ketones is 1. The molecule has 0 unspecified atom stereocenters. The molecule has 1 aliphatic heterocycles. The van der Waals surface area contributed by atoms with Crippen molar-refractivity contribution >= 4 is 11.8 Å². The van der Waals surface area contributed by atoms with Crippen molar-refractivity contribution in [3.05, 3.63) is 11.8 Å². The van der Waals surface area contributed by atoms with Gasteiger partial charge in [-0.1, -0.05) is 0 Å². The van der Waals surface area contributed by atoms with Gasteiger partial charge in [0.1, 0.15) is 11.5 Å². The minimum atomic E-state index is -0.958. The van der Waals surface area contributed by atoms with E-state index in [2.05, 4.69) is 0 Å². The molecule has 0 aromatic heterocycles. The molecule has 0 spiro atoms. The minimum Gasteiger partial charge on any atom is -0.465 e. The molecule has 0 aromatic carbocycles. The van der Waals surface area contributed by atoms with Crippen LogP contribution in [0.5, 0.6) is 0 Å². The lowest BCUT2D eigenvalue weighted by atomic mass is 9.69. The molecule has 2 rings (SSSR count). The summed E-state index contributed by atoms with van der Waals surface area (Å²) in [6, 6.07) is 0. The lowest BCUT2D eigenvalue weighted by Gasteiger charge is -2.44. The Morgan fingerprint density at radius 3 is 2.55 bits per heavy atom.